The Labute approximate surface area is 123 Å². The Kier molecular flexibility index (Phi) is 5.00. The van der Waals surface area contributed by atoms with Crippen molar-refractivity contribution >= 4 is 5.82 Å². The number of hydrogen-bond acceptors (Lipinski definition) is 3. The van der Waals surface area contributed by atoms with Crippen LogP contribution in [-0.4, -0.2) is 16.5 Å². The lowest BCUT2D eigenvalue weighted by Crippen LogP contribution is -2.15. The van der Waals surface area contributed by atoms with Crippen molar-refractivity contribution in [2.45, 2.75) is 72.1 Å². The van der Waals surface area contributed by atoms with Crippen molar-refractivity contribution in [3.63, 3.8) is 0 Å². The SMILES string of the molecule is CCCNc1cc(C2CCCC2)nc(CC(C)(C)C)n1. The largest absolute Gasteiger partial charge is 0.370 e. The quantitative estimate of drug-likeness (QED) is 0.857. The molecule has 0 bridgehead atoms. The van der Waals surface area contributed by atoms with Gasteiger partial charge in [0.2, 0.25) is 0 Å². The van der Waals surface area contributed by atoms with Gasteiger partial charge in [0.05, 0.1) is 0 Å². The molecule has 0 aliphatic heterocycles. The van der Waals surface area contributed by atoms with E-state index in [4.69, 9.17) is 9.97 Å². The van der Waals surface area contributed by atoms with E-state index in [1.807, 2.05) is 0 Å². The number of aromatic nitrogens is 2. The lowest BCUT2D eigenvalue weighted by molar-refractivity contribution is 0.399. The smallest absolute Gasteiger partial charge is 0.131 e. The molecule has 1 N–H and O–H groups in total. The second-order valence-electron chi connectivity index (χ2n) is 7.24. The Bertz CT molecular complexity index is 428. The van der Waals surface area contributed by atoms with Crippen LogP contribution in [0.1, 0.15) is 77.2 Å². The molecule has 3 nitrogen and oxygen atoms in total. The highest BCUT2D eigenvalue weighted by atomic mass is 15.0. The zero-order valence-electron chi connectivity index (χ0n) is 13.5. The molecule has 1 fully saturated rings. The summed E-state index contributed by atoms with van der Waals surface area (Å²) in [4.78, 5) is 9.56. The van der Waals surface area contributed by atoms with Crippen LogP contribution in [0.2, 0.25) is 0 Å². The van der Waals surface area contributed by atoms with Gasteiger partial charge < -0.3 is 5.32 Å². The van der Waals surface area contributed by atoms with E-state index in [0.29, 0.717) is 5.92 Å². The van der Waals surface area contributed by atoms with Crippen molar-refractivity contribution in [1.82, 2.24) is 9.97 Å². The maximum Gasteiger partial charge on any atom is 0.131 e. The molecule has 0 spiro atoms. The van der Waals surface area contributed by atoms with Gasteiger partial charge in [0.15, 0.2) is 0 Å². The van der Waals surface area contributed by atoms with Gasteiger partial charge in [-0.3, -0.25) is 0 Å². The molecule has 1 heterocycles. The summed E-state index contributed by atoms with van der Waals surface area (Å²) in [6.45, 7) is 9.91. The Balaban J connectivity index is 2.23. The van der Waals surface area contributed by atoms with E-state index in [9.17, 15) is 0 Å². The lowest BCUT2D eigenvalue weighted by Gasteiger charge is -2.19. The standard InChI is InChI=1S/C17H29N3/c1-5-10-18-15-11-14(13-8-6-7-9-13)19-16(20-15)12-17(2,3)4/h11,13H,5-10,12H2,1-4H3,(H,18,19,20). The summed E-state index contributed by atoms with van der Waals surface area (Å²) < 4.78 is 0. The maximum atomic E-state index is 4.86. The van der Waals surface area contributed by atoms with Crippen molar-refractivity contribution in [3.8, 4) is 0 Å². The highest BCUT2D eigenvalue weighted by Crippen LogP contribution is 2.34. The normalized spacial score (nSPS) is 16.6. The summed E-state index contributed by atoms with van der Waals surface area (Å²) in [5, 5.41) is 3.43. The van der Waals surface area contributed by atoms with Crippen LogP contribution in [-0.2, 0) is 6.42 Å². The molecule has 0 amide bonds. The van der Waals surface area contributed by atoms with Crippen LogP contribution < -0.4 is 5.32 Å². The number of nitrogens with zero attached hydrogens (tertiary/aromatic N) is 2. The third-order valence-corrected chi connectivity index (χ3v) is 3.81. The Morgan fingerprint density at radius 3 is 2.50 bits per heavy atom. The highest BCUT2D eigenvalue weighted by molar-refractivity contribution is 5.37. The molecule has 1 aromatic heterocycles. The first-order valence-corrected chi connectivity index (χ1v) is 8.09. The highest BCUT2D eigenvalue weighted by Gasteiger charge is 2.21. The minimum Gasteiger partial charge on any atom is -0.370 e. The Hall–Kier alpha value is -1.12. The summed E-state index contributed by atoms with van der Waals surface area (Å²) in [6.07, 6.45) is 7.34. The Morgan fingerprint density at radius 2 is 1.90 bits per heavy atom. The zero-order valence-corrected chi connectivity index (χ0v) is 13.5. The summed E-state index contributed by atoms with van der Waals surface area (Å²) in [5.41, 5.74) is 1.49. The second-order valence-corrected chi connectivity index (χ2v) is 7.24. The van der Waals surface area contributed by atoms with Crippen LogP contribution >= 0.6 is 0 Å². The van der Waals surface area contributed by atoms with E-state index in [1.54, 1.807) is 0 Å². The molecule has 0 aromatic carbocycles. The first-order chi connectivity index (χ1) is 9.48. The van der Waals surface area contributed by atoms with Crippen LogP contribution in [0.3, 0.4) is 0 Å². The predicted molar refractivity (Wildman–Crippen MR) is 85.2 cm³/mol. The van der Waals surface area contributed by atoms with E-state index < -0.39 is 0 Å². The number of nitrogens with one attached hydrogen (secondary N) is 1. The van der Waals surface area contributed by atoms with E-state index in [1.165, 1.54) is 31.4 Å². The molecule has 0 radical (unpaired) electrons. The van der Waals surface area contributed by atoms with E-state index in [0.717, 1.165) is 31.0 Å². The fourth-order valence-corrected chi connectivity index (χ4v) is 2.85. The topological polar surface area (TPSA) is 37.8 Å². The first-order valence-electron chi connectivity index (χ1n) is 8.09. The van der Waals surface area contributed by atoms with Gasteiger partial charge in [-0.25, -0.2) is 9.97 Å². The van der Waals surface area contributed by atoms with Gasteiger partial charge in [-0.2, -0.15) is 0 Å². The van der Waals surface area contributed by atoms with E-state index >= 15 is 0 Å². The van der Waals surface area contributed by atoms with Gasteiger partial charge in [-0.15, -0.1) is 0 Å². The molecule has 2 rings (SSSR count). The molecular weight excluding hydrogens is 246 g/mol. The first kappa shape index (κ1) is 15.3. The van der Waals surface area contributed by atoms with Crippen LogP contribution in [0.25, 0.3) is 0 Å². The van der Waals surface area contributed by atoms with E-state index in [-0.39, 0.29) is 5.41 Å². The zero-order chi connectivity index (χ0) is 14.6. The summed E-state index contributed by atoms with van der Waals surface area (Å²) in [5.74, 6) is 2.67. The van der Waals surface area contributed by atoms with Crippen molar-refractivity contribution in [2.24, 2.45) is 5.41 Å². The molecule has 0 atom stereocenters. The molecule has 3 heteroatoms. The third-order valence-electron chi connectivity index (χ3n) is 3.81. The lowest BCUT2D eigenvalue weighted by atomic mass is 9.92. The fourth-order valence-electron chi connectivity index (χ4n) is 2.85. The third kappa shape index (κ3) is 4.46. The maximum absolute atomic E-state index is 4.86. The molecule has 1 saturated carbocycles. The number of hydrogen-bond donors (Lipinski definition) is 1. The van der Waals surface area contributed by atoms with E-state index in [2.05, 4.69) is 39.1 Å². The van der Waals surface area contributed by atoms with Gasteiger partial charge in [-0.05, 0) is 24.7 Å². The number of anilines is 1. The molecule has 1 aromatic rings. The van der Waals surface area contributed by atoms with Gasteiger partial charge >= 0.3 is 0 Å². The molecule has 0 saturated heterocycles. The van der Waals surface area contributed by atoms with Crippen LogP contribution in [0, 0.1) is 5.41 Å². The minimum atomic E-state index is 0.232. The molecule has 112 valence electrons. The minimum absolute atomic E-state index is 0.232. The van der Waals surface area contributed by atoms with Crippen LogP contribution in [0.4, 0.5) is 5.82 Å². The summed E-state index contributed by atoms with van der Waals surface area (Å²) >= 11 is 0. The predicted octanol–water partition coefficient (Wildman–Crippen LogP) is 4.54. The van der Waals surface area contributed by atoms with Crippen LogP contribution in [0.5, 0.6) is 0 Å². The molecule has 1 aliphatic carbocycles. The fraction of sp³-hybridized carbons (Fsp3) is 0.765. The van der Waals surface area contributed by atoms with Crippen molar-refractivity contribution in [3.05, 3.63) is 17.6 Å². The van der Waals surface area contributed by atoms with Gasteiger partial charge in [-0.1, -0.05) is 40.5 Å². The van der Waals surface area contributed by atoms with Crippen molar-refractivity contribution in [1.29, 1.82) is 0 Å². The molecule has 20 heavy (non-hydrogen) atoms. The molecular formula is C17H29N3. The van der Waals surface area contributed by atoms with Crippen molar-refractivity contribution < 1.29 is 0 Å². The monoisotopic (exact) mass is 275 g/mol. The van der Waals surface area contributed by atoms with Gasteiger partial charge in [0, 0.05) is 30.6 Å². The number of rotatable bonds is 5. The molecule has 0 unspecified atom stereocenters. The second kappa shape index (κ2) is 6.55. The molecule has 1 aliphatic rings. The van der Waals surface area contributed by atoms with Gasteiger partial charge in [0.25, 0.3) is 0 Å². The Morgan fingerprint density at radius 1 is 1.20 bits per heavy atom. The average molecular weight is 275 g/mol. The van der Waals surface area contributed by atoms with Gasteiger partial charge in [0.1, 0.15) is 11.6 Å². The van der Waals surface area contributed by atoms with Crippen LogP contribution in [0.15, 0.2) is 6.07 Å². The summed E-state index contributed by atoms with van der Waals surface area (Å²) in [7, 11) is 0. The van der Waals surface area contributed by atoms with Crippen molar-refractivity contribution in [2.75, 3.05) is 11.9 Å². The average Bonchev–Trinajstić information content (AvgIpc) is 2.87. The summed E-state index contributed by atoms with van der Waals surface area (Å²) in [6, 6.07) is 2.18.